The molecule has 1 unspecified atom stereocenters. The van der Waals surface area contributed by atoms with E-state index in [0.717, 1.165) is 5.56 Å². The van der Waals surface area contributed by atoms with Crippen LogP contribution in [0.2, 0.25) is 0 Å². The number of nitrogens with zero attached hydrogens (tertiary/aromatic N) is 1. The molecule has 0 radical (unpaired) electrons. The molecule has 0 aromatic heterocycles. The molecule has 1 atom stereocenters. The third-order valence-electron chi connectivity index (χ3n) is 3.82. The summed E-state index contributed by atoms with van der Waals surface area (Å²) in [7, 11) is 0. The zero-order chi connectivity index (χ0) is 12.3. The van der Waals surface area contributed by atoms with E-state index in [1.165, 1.54) is 25.7 Å². The molecule has 0 bridgehead atoms. The summed E-state index contributed by atoms with van der Waals surface area (Å²) < 4.78 is 0. The van der Waals surface area contributed by atoms with Crippen LogP contribution in [0.4, 0.5) is 0 Å². The summed E-state index contributed by atoms with van der Waals surface area (Å²) in [6, 6.07) is 10.4. The maximum Gasteiger partial charge on any atom is 0.125 e. The van der Waals surface area contributed by atoms with Crippen LogP contribution < -0.4 is 5.73 Å². The van der Waals surface area contributed by atoms with Gasteiger partial charge in [0.1, 0.15) is 5.84 Å². The van der Waals surface area contributed by atoms with Gasteiger partial charge in [0.2, 0.25) is 0 Å². The highest BCUT2D eigenvalue weighted by Gasteiger charge is 2.32. The second-order valence-corrected chi connectivity index (χ2v) is 5.63. The Labute approximate surface area is 104 Å². The standard InChI is InChI=1S/C15H22N2/c1-15(2)11-7-6-10-13(15)17-14(16)12-8-4-3-5-9-12/h3-5,8-9,13H,6-7,10-11H2,1-2H3,(H2,16,17). The summed E-state index contributed by atoms with van der Waals surface area (Å²) in [5, 5.41) is 0. The van der Waals surface area contributed by atoms with Crippen molar-refractivity contribution >= 4 is 5.84 Å². The molecule has 1 aromatic rings. The summed E-state index contributed by atoms with van der Waals surface area (Å²) in [5.41, 5.74) is 7.42. The van der Waals surface area contributed by atoms with Gasteiger partial charge in [0, 0.05) is 5.56 Å². The highest BCUT2D eigenvalue weighted by Crippen LogP contribution is 2.37. The normalized spacial score (nSPS) is 24.6. The molecule has 2 N–H and O–H groups in total. The fraction of sp³-hybridized carbons (Fsp3) is 0.533. The van der Waals surface area contributed by atoms with Crippen molar-refractivity contribution in [3.63, 3.8) is 0 Å². The van der Waals surface area contributed by atoms with Crippen molar-refractivity contribution in [2.75, 3.05) is 0 Å². The molecule has 17 heavy (non-hydrogen) atoms. The van der Waals surface area contributed by atoms with E-state index in [1.807, 2.05) is 30.3 Å². The van der Waals surface area contributed by atoms with Crippen molar-refractivity contribution in [1.82, 2.24) is 0 Å². The Kier molecular flexibility index (Phi) is 3.51. The van der Waals surface area contributed by atoms with Crippen molar-refractivity contribution in [2.45, 2.75) is 45.6 Å². The average molecular weight is 230 g/mol. The van der Waals surface area contributed by atoms with Crippen LogP contribution in [0.3, 0.4) is 0 Å². The highest BCUT2D eigenvalue weighted by atomic mass is 14.9. The summed E-state index contributed by atoms with van der Waals surface area (Å²) in [5.74, 6) is 0.686. The van der Waals surface area contributed by atoms with Crippen LogP contribution in [0, 0.1) is 5.41 Å². The maximum absolute atomic E-state index is 6.10. The van der Waals surface area contributed by atoms with Crippen molar-refractivity contribution in [3.05, 3.63) is 35.9 Å². The maximum atomic E-state index is 6.10. The van der Waals surface area contributed by atoms with Crippen LogP contribution in [-0.2, 0) is 0 Å². The first-order valence-corrected chi connectivity index (χ1v) is 6.48. The lowest BCUT2D eigenvalue weighted by Gasteiger charge is -2.36. The smallest absolute Gasteiger partial charge is 0.125 e. The topological polar surface area (TPSA) is 38.4 Å². The van der Waals surface area contributed by atoms with Crippen LogP contribution in [0.25, 0.3) is 0 Å². The SMILES string of the molecule is CC1(C)CCCCC1N=C(N)c1ccccc1. The molecule has 0 amide bonds. The fourth-order valence-corrected chi connectivity index (χ4v) is 2.57. The van der Waals surface area contributed by atoms with Gasteiger partial charge in [0.15, 0.2) is 0 Å². The molecule has 1 aromatic carbocycles. The van der Waals surface area contributed by atoms with Crippen LogP contribution in [0.15, 0.2) is 35.3 Å². The largest absolute Gasteiger partial charge is 0.383 e. The van der Waals surface area contributed by atoms with E-state index in [4.69, 9.17) is 10.7 Å². The Bertz CT molecular complexity index is 393. The highest BCUT2D eigenvalue weighted by molar-refractivity contribution is 5.97. The summed E-state index contributed by atoms with van der Waals surface area (Å²) >= 11 is 0. The average Bonchev–Trinajstić information content (AvgIpc) is 2.33. The second-order valence-electron chi connectivity index (χ2n) is 5.63. The van der Waals surface area contributed by atoms with E-state index in [0.29, 0.717) is 11.9 Å². The minimum absolute atomic E-state index is 0.289. The van der Waals surface area contributed by atoms with Gasteiger partial charge < -0.3 is 5.73 Å². The van der Waals surface area contributed by atoms with Crippen molar-refractivity contribution < 1.29 is 0 Å². The number of rotatable bonds is 2. The minimum Gasteiger partial charge on any atom is -0.383 e. The lowest BCUT2D eigenvalue weighted by molar-refractivity contribution is 0.204. The number of hydrogen-bond donors (Lipinski definition) is 1. The summed E-state index contributed by atoms with van der Waals surface area (Å²) in [4.78, 5) is 4.75. The second kappa shape index (κ2) is 4.91. The van der Waals surface area contributed by atoms with Gasteiger partial charge in [-0.2, -0.15) is 0 Å². The van der Waals surface area contributed by atoms with Gasteiger partial charge in [-0.15, -0.1) is 0 Å². The lowest BCUT2D eigenvalue weighted by Crippen LogP contribution is -2.33. The van der Waals surface area contributed by atoms with Gasteiger partial charge in [-0.25, -0.2) is 0 Å². The Balaban J connectivity index is 2.18. The minimum atomic E-state index is 0.289. The number of hydrogen-bond acceptors (Lipinski definition) is 1. The Morgan fingerprint density at radius 2 is 1.94 bits per heavy atom. The molecule has 1 aliphatic carbocycles. The Hall–Kier alpha value is -1.31. The number of amidine groups is 1. The van der Waals surface area contributed by atoms with E-state index in [1.54, 1.807) is 0 Å². The van der Waals surface area contributed by atoms with Gasteiger partial charge >= 0.3 is 0 Å². The Morgan fingerprint density at radius 1 is 1.24 bits per heavy atom. The molecule has 1 aliphatic rings. The van der Waals surface area contributed by atoms with Crippen molar-refractivity contribution in [3.8, 4) is 0 Å². The first-order valence-electron chi connectivity index (χ1n) is 6.48. The molecule has 0 saturated heterocycles. The van der Waals surface area contributed by atoms with E-state index in [9.17, 15) is 0 Å². The molecule has 0 heterocycles. The third kappa shape index (κ3) is 2.87. The molecule has 0 spiro atoms. The van der Waals surface area contributed by atoms with E-state index < -0.39 is 0 Å². The molecule has 1 saturated carbocycles. The van der Waals surface area contributed by atoms with E-state index in [-0.39, 0.29) is 5.41 Å². The van der Waals surface area contributed by atoms with Gasteiger partial charge in [0.25, 0.3) is 0 Å². The van der Waals surface area contributed by atoms with Gasteiger partial charge in [-0.05, 0) is 18.3 Å². The van der Waals surface area contributed by atoms with Crippen molar-refractivity contribution in [1.29, 1.82) is 0 Å². The van der Waals surface area contributed by atoms with Crippen molar-refractivity contribution in [2.24, 2.45) is 16.1 Å². The van der Waals surface area contributed by atoms with Crippen LogP contribution in [0.5, 0.6) is 0 Å². The molecular weight excluding hydrogens is 208 g/mol. The first kappa shape index (κ1) is 12.2. The quantitative estimate of drug-likeness (QED) is 0.614. The van der Waals surface area contributed by atoms with E-state index in [2.05, 4.69) is 13.8 Å². The molecule has 92 valence electrons. The van der Waals surface area contributed by atoms with E-state index >= 15 is 0 Å². The molecule has 1 fully saturated rings. The summed E-state index contributed by atoms with van der Waals surface area (Å²) in [6.07, 6.45) is 5.02. The summed E-state index contributed by atoms with van der Waals surface area (Å²) in [6.45, 7) is 4.61. The van der Waals surface area contributed by atoms with Crippen LogP contribution in [0.1, 0.15) is 45.1 Å². The Morgan fingerprint density at radius 3 is 2.59 bits per heavy atom. The number of nitrogens with two attached hydrogens (primary N) is 1. The molecular formula is C15H22N2. The first-order chi connectivity index (χ1) is 8.09. The predicted molar refractivity (Wildman–Crippen MR) is 73.2 cm³/mol. The van der Waals surface area contributed by atoms with Crippen LogP contribution >= 0.6 is 0 Å². The fourth-order valence-electron chi connectivity index (χ4n) is 2.57. The van der Waals surface area contributed by atoms with Gasteiger partial charge in [-0.3, -0.25) is 4.99 Å². The molecule has 2 rings (SSSR count). The monoisotopic (exact) mass is 230 g/mol. The lowest BCUT2D eigenvalue weighted by atomic mass is 9.73. The molecule has 0 aliphatic heterocycles. The molecule has 2 nitrogen and oxygen atoms in total. The third-order valence-corrected chi connectivity index (χ3v) is 3.82. The van der Waals surface area contributed by atoms with Crippen LogP contribution in [-0.4, -0.2) is 11.9 Å². The zero-order valence-corrected chi connectivity index (χ0v) is 10.8. The zero-order valence-electron chi connectivity index (χ0n) is 10.8. The number of aliphatic imine (C=N–C) groups is 1. The molecule has 2 heteroatoms. The number of benzene rings is 1. The predicted octanol–water partition coefficient (Wildman–Crippen LogP) is 3.36. The van der Waals surface area contributed by atoms with Gasteiger partial charge in [0.05, 0.1) is 6.04 Å². The van der Waals surface area contributed by atoms with Gasteiger partial charge in [-0.1, -0.05) is 57.0 Å².